The van der Waals surface area contributed by atoms with E-state index in [4.69, 9.17) is 5.73 Å². The summed E-state index contributed by atoms with van der Waals surface area (Å²) in [4.78, 5) is 19.6. The average molecular weight is 410 g/mol. The third-order valence-corrected chi connectivity index (χ3v) is 6.04. The number of aromatic nitrogens is 1. The van der Waals surface area contributed by atoms with Gasteiger partial charge in [-0.3, -0.25) is 4.79 Å². The largest absolute Gasteiger partial charge is 0.397 e. The number of thiophene rings is 1. The van der Waals surface area contributed by atoms with Gasteiger partial charge in [-0.05, 0) is 53.8 Å². The fourth-order valence-corrected chi connectivity index (χ4v) is 4.09. The lowest BCUT2D eigenvalue weighted by atomic mass is 10.0. The number of benzene rings is 2. The lowest BCUT2D eigenvalue weighted by molar-refractivity contribution is 0.103. The Balaban J connectivity index is 1.62. The van der Waals surface area contributed by atoms with Gasteiger partial charge >= 0.3 is 0 Å². The van der Waals surface area contributed by atoms with Crippen LogP contribution in [0.5, 0.6) is 0 Å². The van der Waals surface area contributed by atoms with Gasteiger partial charge < -0.3 is 11.1 Å². The molecule has 7 heteroatoms. The summed E-state index contributed by atoms with van der Waals surface area (Å²) >= 11 is 2.94. The molecular formula is C21H16FN3OS2. The van der Waals surface area contributed by atoms with Gasteiger partial charge in [-0.1, -0.05) is 18.2 Å². The van der Waals surface area contributed by atoms with E-state index in [2.05, 4.69) is 10.3 Å². The number of nitrogens with one attached hydrogen (secondary N) is 1. The summed E-state index contributed by atoms with van der Waals surface area (Å²) in [5.74, 6) is -0.535. The number of hydrogen-bond donors (Lipinski definition) is 2. The predicted molar refractivity (Wildman–Crippen MR) is 116 cm³/mol. The fourth-order valence-electron chi connectivity index (χ4n) is 2.81. The summed E-state index contributed by atoms with van der Waals surface area (Å²) < 4.78 is 13.2. The first-order chi connectivity index (χ1) is 13.5. The van der Waals surface area contributed by atoms with E-state index in [0.717, 1.165) is 26.2 Å². The highest BCUT2D eigenvalue weighted by atomic mass is 32.2. The van der Waals surface area contributed by atoms with E-state index in [9.17, 15) is 9.18 Å². The number of carbonyl (C=O) groups excluding carboxylic acids is 1. The maximum absolute atomic E-state index is 13.2. The third kappa shape index (κ3) is 3.72. The van der Waals surface area contributed by atoms with Crippen molar-refractivity contribution < 1.29 is 9.18 Å². The number of halogens is 1. The highest BCUT2D eigenvalue weighted by Crippen LogP contribution is 2.30. The van der Waals surface area contributed by atoms with E-state index in [1.54, 1.807) is 42.2 Å². The minimum Gasteiger partial charge on any atom is -0.397 e. The maximum atomic E-state index is 13.2. The van der Waals surface area contributed by atoms with Gasteiger partial charge in [-0.15, -0.1) is 23.1 Å². The summed E-state index contributed by atoms with van der Waals surface area (Å²) in [5.41, 5.74) is 8.70. The summed E-state index contributed by atoms with van der Waals surface area (Å²) in [5, 5.41) is 3.82. The van der Waals surface area contributed by atoms with E-state index in [1.165, 1.54) is 23.5 Å². The Labute approximate surface area is 169 Å². The molecule has 1 amide bonds. The quantitative estimate of drug-likeness (QED) is 0.337. The van der Waals surface area contributed by atoms with Gasteiger partial charge in [0.25, 0.3) is 5.91 Å². The van der Waals surface area contributed by atoms with Gasteiger partial charge in [0.2, 0.25) is 0 Å². The molecule has 0 unspecified atom stereocenters. The van der Waals surface area contributed by atoms with Crippen LogP contribution in [0.1, 0.15) is 9.67 Å². The lowest BCUT2D eigenvalue weighted by Gasteiger charge is -2.10. The van der Waals surface area contributed by atoms with Gasteiger partial charge in [0, 0.05) is 16.5 Å². The highest BCUT2D eigenvalue weighted by molar-refractivity contribution is 7.98. The number of amides is 1. The first-order valence-corrected chi connectivity index (χ1v) is 10.5. The molecule has 4 nitrogen and oxygen atoms in total. The molecule has 0 aliphatic rings. The first kappa shape index (κ1) is 18.5. The third-order valence-electron chi connectivity index (χ3n) is 4.29. The molecule has 0 atom stereocenters. The average Bonchev–Trinajstić information content (AvgIpc) is 3.13. The Morgan fingerprint density at radius 3 is 2.61 bits per heavy atom. The van der Waals surface area contributed by atoms with Crippen LogP contribution >= 0.6 is 23.1 Å². The topological polar surface area (TPSA) is 68.0 Å². The first-order valence-electron chi connectivity index (χ1n) is 8.44. The van der Waals surface area contributed by atoms with Crippen molar-refractivity contribution in [2.45, 2.75) is 4.90 Å². The fraction of sp³-hybridized carbons (Fsp3) is 0.0476. The van der Waals surface area contributed by atoms with Crippen LogP contribution in [0, 0.1) is 5.82 Å². The number of fused-ring (bicyclic) bond motifs is 1. The minimum atomic E-state index is -0.296. The van der Waals surface area contributed by atoms with Gasteiger partial charge in [-0.25, -0.2) is 9.37 Å². The SMILES string of the molecule is CSc1cnc2sc(C(=O)Nc3cc(-c4ccc(F)cc4)ccc3N)cc2c1. The number of nitrogen functional groups attached to an aromatic ring is 1. The van der Waals surface area contributed by atoms with Crippen LogP contribution in [0.4, 0.5) is 15.8 Å². The zero-order valence-corrected chi connectivity index (χ0v) is 16.5. The Morgan fingerprint density at radius 2 is 1.86 bits per heavy atom. The molecule has 2 aromatic carbocycles. The molecule has 2 heterocycles. The molecule has 2 aromatic heterocycles. The number of nitrogens with zero attached hydrogens (tertiary/aromatic N) is 1. The number of carbonyl (C=O) groups is 1. The molecule has 0 fully saturated rings. The normalized spacial score (nSPS) is 10.9. The van der Waals surface area contributed by atoms with Gasteiger partial charge in [0.1, 0.15) is 10.6 Å². The number of rotatable bonds is 4. The Kier molecular flexibility index (Phi) is 5.02. The van der Waals surface area contributed by atoms with E-state index >= 15 is 0 Å². The molecule has 0 spiro atoms. The Morgan fingerprint density at radius 1 is 1.11 bits per heavy atom. The van der Waals surface area contributed by atoms with Crippen molar-refractivity contribution in [3.05, 3.63) is 71.5 Å². The van der Waals surface area contributed by atoms with E-state index in [-0.39, 0.29) is 11.7 Å². The predicted octanol–water partition coefficient (Wildman–Crippen LogP) is 5.66. The number of pyridine rings is 1. The van der Waals surface area contributed by atoms with Gasteiger partial charge in [0.05, 0.1) is 16.3 Å². The molecule has 4 aromatic rings. The maximum Gasteiger partial charge on any atom is 0.265 e. The van der Waals surface area contributed by atoms with Crippen LogP contribution in [-0.4, -0.2) is 17.1 Å². The molecule has 0 saturated heterocycles. The molecule has 0 bridgehead atoms. The standard InChI is InChI=1S/C21H16FN3OS2/c1-27-16-8-14-10-19(28-21(14)24-11-16)20(26)25-18-9-13(4-7-17(18)23)12-2-5-15(22)6-3-12/h2-11H,23H2,1H3,(H,25,26). The lowest BCUT2D eigenvalue weighted by Crippen LogP contribution is -2.11. The number of anilines is 2. The zero-order chi connectivity index (χ0) is 19.7. The van der Waals surface area contributed by atoms with E-state index in [1.807, 2.05) is 24.5 Å². The second kappa shape index (κ2) is 7.61. The second-order valence-electron chi connectivity index (χ2n) is 6.14. The van der Waals surface area contributed by atoms with Crippen LogP contribution in [0.2, 0.25) is 0 Å². The smallest absolute Gasteiger partial charge is 0.265 e. The Hall–Kier alpha value is -2.90. The van der Waals surface area contributed by atoms with Crippen LogP contribution in [-0.2, 0) is 0 Å². The summed E-state index contributed by atoms with van der Waals surface area (Å²) in [6.45, 7) is 0. The van der Waals surface area contributed by atoms with Crippen molar-refractivity contribution in [1.82, 2.24) is 4.98 Å². The molecule has 0 aliphatic carbocycles. The second-order valence-corrected chi connectivity index (χ2v) is 8.05. The van der Waals surface area contributed by atoms with Crippen LogP contribution in [0.25, 0.3) is 21.3 Å². The molecule has 28 heavy (non-hydrogen) atoms. The van der Waals surface area contributed by atoms with E-state index < -0.39 is 0 Å². The summed E-state index contributed by atoms with van der Waals surface area (Å²) in [7, 11) is 0. The number of thioether (sulfide) groups is 1. The van der Waals surface area contributed by atoms with Crippen molar-refractivity contribution in [1.29, 1.82) is 0 Å². The van der Waals surface area contributed by atoms with Crippen molar-refractivity contribution in [3.63, 3.8) is 0 Å². The number of hydrogen-bond acceptors (Lipinski definition) is 5. The summed E-state index contributed by atoms with van der Waals surface area (Å²) in [6.07, 6.45) is 3.79. The molecule has 3 N–H and O–H groups in total. The van der Waals surface area contributed by atoms with Gasteiger partial charge in [0.15, 0.2) is 0 Å². The van der Waals surface area contributed by atoms with Crippen molar-refractivity contribution >= 4 is 50.6 Å². The van der Waals surface area contributed by atoms with Crippen molar-refractivity contribution in [2.24, 2.45) is 0 Å². The summed E-state index contributed by atoms with van der Waals surface area (Å²) in [6, 6.07) is 15.4. The molecule has 0 aliphatic heterocycles. The zero-order valence-electron chi connectivity index (χ0n) is 14.9. The van der Waals surface area contributed by atoms with Crippen LogP contribution < -0.4 is 11.1 Å². The van der Waals surface area contributed by atoms with E-state index in [0.29, 0.717) is 16.3 Å². The number of nitrogens with two attached hydrogens (primary N) is 1. The monoisotopic (exact) mass is 409 g/mol. The molecule has 0 saturated carbocycles. The minimum absolute atomic E-state index is 0.239. The van der Waals surface area contributed by atoms with Gasteiger partial charge in [-0.2, -0.15) is 0 Å². The molecule has 140 valence electrons. The highest BCUT2D eigenvalue weighted by Gasteiger charge is 2.14. The van der Waals surface area contributed by atoms with Crippen molar-refractivity contribution in [2.75, 3.05) is 17.3 Å². The molecule has 4 rings (SSSR count). The van der Waals surface area contributed by atoms with Crippen LogP contribution in [0.3, 0.4) is 0 Å². The van der Waals surface area contributed by atoms with Crippen LogP contribution in [0.15, 0.2) is 65.7 Å². The molecule has 0 radical (unpaired) electrons. The van der Waals surface area contributed by atoms with Crippen molar-refractivity contribution in [3.8, 4) is 11.1 Å². The Bertz CT molecular complexity index is 1170. The molecular weight excluding hydrogens is 393 g/mol.